The quantitative estimate of drug-likeness (QED) is 0.779. The summed E-state index contributed by atoms with van der Waals surface area (Å²) in [5.74, 6) is 0.113. The highest BCUT2D eigenvalue weighted by molar-refractivity contribution is 5.99. The van der Waals surface area contributed by atoms with Gasteiger partial charge in [0.25, 0.3) is 0 Å². The van der Waals surface area contributed by atoms with Crippen LogP contribution in [-0.4, -0.2) is 34.3 Å². The molecule has 1 aliphatic heterocycles. The van der Waals surface area contributed by atoms with E-state index in [1.807, 2.05) is 25.7 Å². The molecule has 0 aromatic carbocycles. The molecule has 2 fully saturated rings. The Hall–Kier alpha value is -1.06. The molecule has 2 rings (SSSR count). The molecule has 0 aromatic rings. The lowest BCUT2D eigenvalue weighted by Gasteiger charge is -2.44. The highest BCUT2D eigenvalue weighted by Gasteiger charge is 2.50. The van der Waals surface area contributed by atoms with E-state index in [0.717, 1.165) is 12.8 Å². The third-order valence-electron chi connectivity index (χ3n) is 3.78. The largest absolute Gasteiger partial charge is 0.340 e. The SMILES string of the molecule is CCC1C(=O)NC(C)(CC)C(=O)N1C1CC1. The van der Waals surface area contributed by atoms with Crippen LogP contribution in [0.5, 0.6) is 0 Å². The van der Waals surface area contributed by atoms with Crippen molar-refractivity contribution in [2.24, 2.45) is 0 Å². The van der Waals surface area contributed by atoms with Crippen LogP contribution in [0.3, 0.4) is 0 Å². The topological polar surface area (TPSA) is 49.4 Å². The lowest BCUT2D eigenvalue weighted by Crippen LogP contribution is -2.69. The second-order valence-corrected chi connectivity index (χ2v) is 5.04. The van der Waals surface area contributed by atoms with Crippen molar-refractivity contribution in [3.05, 3.63) is 0 Å². The predicted octanol–water partition coefficient (Wildman–Crippen LogP) is 1.05. The maximum Gasteiger partial charge on any atom is 0.248 e. The fraction of sp³-hybridized carbons (Fsp3) is 0.833. The van der Waals surface area contributed by atoms with Crippen LogP contribution >= 0.6 is 0 Å². The zero-order chi connectivity index (χ0) is 11.9. The van der Waals surface area contributed by atoms with Gasteiger partial charge < -0.3 is 10.2 Å². The third kappa shape index (κ3) is 1.60. The first kappa shape index (κ1) is 11.4. The summed E-state index contributed by atoms with van der Waals surface area (Å²) in [6.07, 6.45) is 3.45. The molecule has 4 nitrogen and oxygen atoms in total. The minimum Gasteiger partial charge on any atom is -0.340 e. The number of piperazine rings is 1. The minimum atomic E-state index is -0.689. The lowest BCUT2D eigenvalue weighted by molar-refractivity contribution is -0.155. The molecule has 4 heteroatoms. The van der Waals surface area contributed by atoms with Gasteiger partial charge in [0.1, 0.15) is 11.6 Å². The molecule has 16 heavy (non-hydrogen) atoms. The molecule has 1 saturated heterocycles. The molecular weight excluding hydrogens is 204 g/mol. The zero-order valence-electron chi connectivity index (χ0n) is 10.2. The molecule has 1 heterocycles. The van der Waals surface area contributed by atoms with Crippen LogP contribution in [0, 0.1) is 0 Å². The Morgan fingerprint density at radius 2 is 2.00 bits per heavy atom. The highest BCUT2D eigenvalue weighted by atomic mass is 16.2. The first-order valence-corrected chi connectivity index (χ1v) is 6.18. The van der Waals surface area contributed by atoms with Crippen molar-refractivity contribution in [1.29, 1.82) is 0 Å². The summed E-state index contributed by atoms with van der Waals surface area (Å²) in [6.45, 7) is 5.73. The van der Waals surface area contributed by atoms with E-state index in [0.29, 0.717) is 18.9 Å². The number of amides is 2. The van der Waals surface area contributed by atoms with Crippen LogP contribution in [-0.2, 0) is 9.59 Å². The number of carbonyl (C=O) groups excluding carboxylic acids is 2. The molecule has 1 N–H and O–H groups in total. The molecule has 0 spiro atoms. The molecule has 2 aliphatic rings. The summed E-state index contributed by atoms with van der Waals surface area (Å²) in [4.78, 5) is 26.2. The fourth-order valence-electron chi connectivity index (χ4n) is 2.36. The van der Waals surface area contributed by atoms with Gasteiger partial charge in [-0.15, -0.1) is 0 Å². The van der Waals surface area contributed by atoms with E-state index in [-0.39, 0.29) is 17.9 Å². The lowest BCUT2D eigenvalue weighted by atomic mass is 9.91. The van der Waals surface area contributed by atoms with E-state index in [2.05, 4.69) is 5.32 Å². The average molecular weight is 224 g/mol. The minimum absolute atomic E-state index is 0.0124. The van der Waals surface area contributed by atoms with E-state index in [9.17, 15) is 9.59 Å². The molecular formula is C12H20N2O2. The van der Waals surface area contributed by atoms with Gasteiger partial charge in [-0.1, -0.05) is 13.8 Å². The Labute approximate surface area is 96.4 Å². The molecule has 0 bridgehead atoms. The number of nitrogens with zero attached hydrogens (tertiary/aromatic N) is 1. The van der Waals surface area contributed by atoms with E-state index in [1.165, 1.54) is 0 Å². The number of carbonyl (C=O) groups is 2. The van der Waals surface area contributed by atoms with Gasteiger partial charge in [0.15, 0.2) is 0 Å². The normalized spacial score (nSPS) is 35.2. The van der Waals surface area contributed by atoms with Crippen molar-refractivity contribution in [1.82, 2.24) is 10.2 Å². The van der Waals surface area contributed by atoms with Crippen molar-refractivity contribution >= 4 is 11.8 Å². The van der Waals surface area contributed by atoms with Crippen molar-refractivity contribution in [2.75, 3.05) is 0 Å². The second-order valence-electron chi connectivity index (χ2n) is 5.04. The van der Waals surface area contributed by atoms with Crippen LogP contribution in [0.4, 0.5) is 0 Å². The Bertz CT molecular complexity index is 325. The van der Waals surface area contributed by atoms with E-state index < -0.39 is 5.54 Å². The number of nitrogens with one attached hydrogen (secondary N) is 1. The van der Waals surface area contributed by atoms with Crippen LogP contribution in [0.15, 0.2) is 0 Å². The Kier molecular flexibility index (Phi) is 2.68. The fourth-order valence-corrected chi connectivity index (χ4v) is 2.36. The van der Waals surface area contributed by atoms with Crippen LogP contribution in [0.25, 0.3) is 0 Å². The molecule has 0 aromatic heterocycles. The molecule has 1 aliphatic carbocycles. The first-order valence-electron chi connectivity index (χ1n) is 6.18. The first-order chi connectivity index (χ1) is 7.53. The van der Waals surface area contributed by atoms with Crippen molar-refractivity contribution in [3.8, 4) is 0 Å². The van der Waals surface area contributed by atoms with Gasteiger partial charge in [-0.3, -0.25) is 9.59 Å². The summed E-state index contributed by atoms with van der Waals surface area (Å²) < 4.78 is 0. The monoisotopic (exact) mass is 224 g/mol. The summed E-state index contributed by atoms with van der Waals surface area (Å²) in [5, 5.41) is 2.88. The van der Waals surface area contributed by atoms with Gasteiger partial charge in [-0.2, -0.15) is 0 Å². The zero-order valence-corrected chi connectivity index (χ0v) is 10.2. The van der Waals surface area contributed by atoms with Crippen LogP contribution in [0.2, 0.25) is 0 Å². The molecule has 1 saturated carbocycles. The van der Waals surface area contributed by atoms with E-state index in [4.69, 9.17) is 0 Å². The smallest absolute Gasteiger partial charge is 0.248 e. The van der Waals surface area contributed by atoms with Gasteiger partial charge in [0.05, 0.1) is 0 Å². The van der Waals surface area contributed by atoms with Crippen LogP contribution in [0.1, 0.15) is 46.5 Å². The number of rotatable bonds is 3. The Morgan fingerprint density at radius 1 is 1.38 bits per heavy atom. The number of hydrogen-bond donors (Lipinski definition) is 1. The predicted molar refractivity (Wildman–Crippen MR) is 60.8 cm³/mol. The molecule has 90 valence electrons. The summed E-state index contributed by atoms with van der Waals surface area (Å²) in [7, 11) is 0. The van der Waals surface area contributed by atoms with E-state index >= 15 is 0 Å². The molecule has 2 amide bonds. The maximum atomic E-state index is 12.4. The van der Waals surface area contributed by atoms with Gasteiger partial charge in [-0.05, 0) is 32.6 Å². The Morgan fingerprint density at radius 3 is 2.44 bits per heavy atom. The standard InChI is InChI=1S/C12H20N2O2/c1-4-9-10(15)13-12(3,5-2)11(16)14(9)8-6-7-8/h8-9H,4-7H2,1-3H3,(H,13,15). The van der Waals surface area contributed by atoms with Gasteiger partial charge in [0.2, 0.25) is 11.8 Å². The number of hydrogen-bond acceptors (Lipinski definition) is 2. The van der Waals surface area contributed by atoms with Crippen molar-refractivity contribution in [3.63, 3.8) is 0 Å². The molecule has 2 atom stereocenters. The summed E-state index contributed by atoms with van der Waals surface area (Å²) >= 11 is 0. The highest BCUT2D eigenvalue weighted by Crippen LogP contribution is 2.34. The second kappa shape index (κ2) is 3.75. The summed E-state index contributed by atoms with van der Waals surface area (Å²) in [6, 6.07) is 0.0639. The Balaban J connectivity index is 2.29. The average Bonchev–Trinajstić information content (AvgIpc) is 3.06. The summed E-state index contributed by atoms with van der Waals surface area (Å²) in [5.41, 5.74) is -0.689. The molecule has 2 unspecified atom stereocenters. The van der Waals surface area contributed by atoms with Crippen molar-refractivity contribution < 1.29 is 9.59 Å². The maximum absolute atomic E-state index is 12.4. The van der Waals surface area contributed by atoms with Gasteiger partial charge >= 0.3 is 0 Å². The molecule has 0 radical (unpaired) electrons. The van der Waals surface area contributed by atoms with Gasteiger partial charge in [0, 0.05) is 6.04 Å². The van der Waals surface area contributed by atoms with Crippen LogP contribution < -0.4 is 5.32 Å². The van der Waals surface area contributed by atoms with Crippen molar-refractivity contribution in [2.45, 2.75) is 64.1 Å². The van der Waals surface area contributed by atoms with E-state index in [1.54, 1.807) is 0 Å². The van der Waals surface area contributed by atoms with Gasteiger partial charge in [-0.25, -0.2) is 0 Å². The third-order valence-corrected chi connectivity index (χ3v) is 3.78.